The van der Waals surface area contributed by atoms with Crippen LogP contribution in [-0.2, 0) is 12.8 Å². The van der Waals surface area contributed by atoms with Crippen molar-refractivity contribution in [2.45, 2.75) is 199 Å². The standard InChI is InChI=1S/C46H63N5O2S.C9H12.C3H7N.C3H8.2C2H6/c1-10-34-26-37-30(2)48-32(4)49-38(37)27-41(34)53-29-46(7,8)45(5,6)23-15-18-33-17-14-21-36(25-33)43(52)39-28-54-44(50-39)40-22-16-24-51(40)31(3)42(47-9)35-19-12-11-13-20-35;1-8(2)9-6-4-3-5-7-9;1-2-3-4;1-3-2;2*1-2/h14,17,21,25-28,35,40,42,47H,3,10-13,15-16,18-20,22-24,29H2,1-2,4-9H3;3-8H,1-2H3;2H,1,3-4H2;3H2,1-2H3;2*1-2H3. The van der Waals surface area contributed by atoms with Gasteiger partial charge in [-0.25, -0.2) is 15.0 Å². The van der Waals surface area contributed by atoms with Gasteiger partial charge in [0, 0.05) is 58.3 Å². The molecule has 1 saturated heterocycles. The lowest BCUT2D eigenvalue weighted by Gasteiger charge is -2.42. The fourth-order valence-corrected chi connectivity index (χ4v) is 10.5. The Morgan fingerprint density at radius 3 is 2.12 bits per heavy atom. The third kappa shape index (κ3) is 19.5. The first kappa shape index (κ1) is 65.4. The molecule has 410 valence electrons. The van der Waals surface area contributed by atoms with Crippen molar-refractivity contribution in [3.05, 3.63) is 142 Å². The van der Waals surface area contributed by atoms with Crippen molar-refractivity contribution in [3.63, 3.8) is 0 Å². The van der Waals surface area contributed by atoms with Crippen LogP contribution >= 0.6 is 11.3 Å². The SMILES string of the molecule is C=C(C(NC)C1CCCCC1)N1CCCC1c1nc(C(=O)c2cccc(CCCC(C)(C)C(C)(C)COc3cc4nc(C)nc(C)c4cc3CC)c2)cs1.C=CCN.CC.CC.CC(C)c1ccccc1.CCC. The molecule has 3 heterocycles. The molecule has 8 nitrogen and oxygen atoms in total. The molecule has 2 aliphatic rings. The summed E-state index contributed by atoms with van der Waals surface area (Å²) in [6.07, 6.45) is 15.5. The number of benzene rings is 3. The zero-order valence-electron chi connectivity index (χ0n) is 49.4. The molecule has 0 radical (unpaired) electrons. The van der Waals surface area contributed by atoms with E-state index in [2.05, 4.69) is 146 Å². The van der Waals surface area contributed by atoms with Crippen LogP contribution in [0, 0.1) is 30.6 Å². The quantitative estimate of drug-likeness (QED) is 0.0660. The molecule has 3 aromatic carbocycles. The number of aromatic nitrogens is 3. The molecule has 1 aliphatic heterocycles. The molecular formula is C65H102N6O2S. The first-order valence-electron chi connectivity index (χ1n) is 28.4. The van der Waals surface area contributed by atoms with Gasteiger partial charge in [0.25, 0.3) is 0 Å². The lowest BCUT2D eigenvalue weighted by atomic mass is 9.66. The average molecular weight is 1030 g/mol. The van der Waals surface area contributed by atoms with Gasteiger partial charge in [0.05, 0.1) is 18.2 Å². The molecule has 2 atom stereocenters. The largest absolute Gasteiger partial charge is 0.493 e. The van der Waals surface area contributed by atoms with E-state index in [1.807, 2.05) is 65.1 Å². The van der Waals surface area contributed by atoms with Crippen molar-refractivity contribution in [3.8, 4) is 5.75 Å². The first-order valence-corrected chi connectivity index (χ1v) is 29.3. The molecule has 5 aromatic rings. The van der Waals surface area contributed by atoms with Gasteiger partial charge in [-0.2, -0.15) is 0 Å². The fraction of sp³-hybridized carbons (Fsp3) is 0.569. The first-order chi connectivity index (χ1) is 35.4. The van der Waals surface area contributed by atoms with E-state index in [1.54, 1.807) is 17.4 Å². The summed E-state index contributed by atoms with van der Waals surface area (Å²) in [5.41, 5.74) is 13.1. The highest BCUT2D eigenvalue weighted by Gasteiger charge is 2.38. The number of carbonyl (C=O) groups excluding carboxylic acids is 1. The molecule has 1 aliphatic carbocycles. The number of nitrogens with one attached hydrogen (secondary N) is 1. The molecule has 0 bridgehead atoms. The molecule has 0 spiro atoms. The van der Waals surface area contributed by atoms with E-state index in [9.17, 15) is 4.79 Å². The minimum absolute atomic E-state index is 0.00793. The van der Waals surface area contributed by atoms with Crippen LogP contribution in [0.1, 0.15) is 215 Å². The van der Waals surface area contributed by atoms with Crippen molar-refractivity contribution < 1.29 is 9.53 Å². The van der Waals surface area contributed by atoms with Crippen LogP contribution in [0.25, 0.3) is 10.9 Å². The maximum Gasteiger partial charge on any atom is 0.212 e. The molecule has 74 heavy (non-hydrogen) atoms. The van der Waals surface area contributed by atoms with Gasteiger partial charge in [0.2, 0.25) is 5.78 Å². The summed E-state index contributed by atoms with van der Waals surface area (Å²) in [4.78, 5) is 30.5. The van der Waals surface area contributed by atoms with E-state index in [-0.39, 0.29) is 22.7 Å². The molecule has 3 N–H and O–H groups in total. The summed E-state index contributed by atoms with van der Waals surface area (Å²) in [6.45, 7) is 42.3. The fourth-order valence-electron chi connectivity index (χ4n) is 9.52. The summed E-state index contributed by atoms with van der Waals surface area (Å²) in [7, 11) is 2.08. The number of hydrogen-bond donors (Lipinski definition) is 2. The Kier molecular flexibility index (Phi) is 30.1. The Balaban J connectivity index is 0.000000797. The number of hydrogen-bond acceptors (Lipinski definition) is 9. The number of thiazole rings is 1. The van der Waals surface area contributed by atoms with E-state index >= 15 is 0 Å². The van der Waals surface area contributed by atoms with E-state index < -0.39 is 0 Å². The van der Waals surface area contributed by atoms with E-state index in [0.717, 1.165) is 83.8 Å². The van der Waals surface area contributed by atoms with Gasteiger partial charge in [-0.05, 0) is 118 Å². The topological polar surface area (TPSA) is 106 Å². The number of fused-ring (bicyclic) bond motifs is 1. The number of ketones is 1. The zero-order chi connectivity index (χ0) is 55.4. The number of nitrogens with two attached hydrogens (primary N) is 1. The van der Waals surface area contributed by atoms with Crippen LogP contribution in [0.4, 0.5) is 0 Å². The lowest BCUT2D eigenvalue weighted by molar-refractivity contribution is 0.0395. The van der Waals surface area contributed by atoms with Gasteiger partial charge in [0.15, 0.2) is 0 Å². The van der Waals surface area contributed by atoms with E-state index in [4.69, 9.17) is 20.4 Å². The summed E-state index contributed by atoms with van der Waals surface area (Å²) < 4.78 is 6.60. The van der Waals surface area contributed by atoms with Crippen LogP contribution in [0.15, 0.2) is 97.0 Å². The minimum Gasteiger partial charge on any atom is -0.493 e. The van der Waals surface area contributed by atoms with Crippen LogP contribution in [-0.4, -0.2) is 58.4 Å². The van der Waals surface area contributed by atoms with Crippen molar-refractivity contribution in [1.82, 2.24) is 25.2 Å². The van der Waals surface area contributed by atoms with Crippen LogP contribution in [0.2, 0.25) is 0 Å². The summed E-state index contributed by atoms with van der Waals surface area (Å²) in [5.74, 6) is 3.01. The maximum absolute atomic E-state index is 13.8. The molecule has 2 fully saturated rings. The van der Waals surface area contributed by atoms with Crippen molar-refractivity contribution in [2.75, 3.05) is 26.7 Å². The summed E-state index contributed by atoms with van der Waals surface area (Å²) in [6, 6.07) is 23.5. The molecule has 7 rings (SSSR count). The minimum atomic E-state index is -0.0737. The highest BCUT2D eigenvalue weighted by atomic mass is 32.1. The van der Waals surface area contributed by atoms with Crippen LogP contribution < -0.4 is 15.8 Å². The molecule has 0 amide bonds. The average Bonchev–Trinajstić information content (AvgIpc) is 4.11. The van der Waals surface area contributed by atoms with Crippen LogP contribution in [0.3, 0.4) is 0 Å². The second-order valence-electron chi connectivity index (χ2n) is 21.0. The highest BCUT2D eigenvalue weighted by Crippen LogP contribution is 2.44. The molecule has 9 heteroatoms. The Labute approximate surface area is 455 Å². The number of aryl methyl sites for hydroxylation is 4. The van der Waals surface area contributed by atoms with Gasteiger partial charge >= 0.3 is 0 Å². The van der Waals surface area contributed by atoms with E-state index in [0.29, 0.717) is 36.7 Å². The van der Waals surface area contributed by atoms with Gasteiger partial charge in [0.1, 0.15) is 22.3 Å². The van der Waals surface area contributed by atoms with Gasteiger partial charge in [-0.1, -0.05) is 177 Å². The Morgan fingerprint density at radius 1 is 0.892 bits per heavy atom. The highest BCUT2D eigenvalue weighted by molar-refractivity contribution is 7.10. The number of rotatable bonds is 18. The number of nitrogens with zero attached hydrogens (tertiary/aromatic N) is 4. The van der Waals surface area contributed by atoms with Gasteiger partial charge in [-0.3, -0.25) is 4.79 Å². The van der Waals surface area contributed by atoms with E-state index in [1.165, 1.54) is 60.9 Å². The smallest absolute Gasteiger partial charge is 0.212 e. The van der Waals surface area contributed by atoms with Crippen molar-refractivity contribution in [2.24, 2.45) is 22.5 Å². The predicted molar refractivity (Wildman–Crippen MR) is 322 cm³/mol. The second-order valence-corrected chi connectivity index (χ2v) is 21.9. The molecule has 2 aromatic heterocycles. The van der Waals surface area contributed by atoms with Crippen molar-refractivity contribution >= 4 is 28.0 Å². The van der Waals surface area contributed by atoms with Crippen LogP contribution in [0.5, 0.6) is 5.75 Å². The third-order valence-electron chi connectivity index (χ3n) is 14.5. The molecule has 2 unspecified atom stereocenters. The molecule has 1 saturated carbocycles. The molecular weight excluding hydrogens is 929 g/mol. The normalized spacial score (nSPS) is 14.8. The maximum atomic E-state index is 13.8. The monoisotopic (exact) mass is 1030 g/mol. The Morgan fingerprint density at radius 2 is 1.54 bits per heavy atom. The predicted octanol–water partition coefficient (Wildman–Crippen LogP) is 17.2. The number of likely N-dealkylation sites (N-methyl/N-ethyl adjacent to an activating group) is 1. The van der Waals surface area contributed by atoms with Crippen molar-refractivity contribution in [1.29, 1.82) is 0 Å². The second kappa shape index (κ2) is 34.1. The Bertz CT molecular complexity index is 2380. The zero-order valence-corrected chi connectivity index (χ0v) is 50.2. The summed E-state index contributed by atoms with van der Waals surface area (Å²) in [5, 5.41) is 7.69. The van der Waals surface area contributed by atoms with Gasteiger partial charge in [-0.15, -0.1) is 17.9 Å². The number of ether oxygens (including phenoxy) is 1. The third-order valence-corrected chi connectivity index (χ3v) is 15.5. The van der Waals surface area contributed by atoms with Gasteiger partial charge < -0.3 is 20.7 Å². The lowest BCUT2D eigenvalue weighted by Crippen LogP contribution is -2.42. The number of carbonyl (C=O) groups is 1. The Hall–Kier alpha value is -4.70. The number of likely N-dealkylation sites (tertiary alicyclic amines) is 1. The summed E-state index contributed by atoms with van der Waals surface area (Å²) >= 11 is 1.62.